The number of fused-ring (bicyclic) bond motifs is 3. The van der Waals surface area contributed by atoms with Crippen LogP contribution in [0, 0.1) is 0 Å². The summed E-state index contributed by atoms with van der Waals surface area (Å²) in [7, 11) is 0. The molecular formula is C40H29Br3ClF3N8O6S. The van der Waals surface area contributed by atoms with Crippen LogP contribution in [0.5, 0.6) is 0 Å². The molecule has 0 saturated heterocycles. The summed E-state index contributed by atoms with van der Waals surface area (Å²) in [6.07, 6.45) is 7.07. The largest absolute Gasteiger partial charge is 0.478 e. The highest BCUT2D eigenvalue weighted by atomic mass is 79.9. The zero-order chi connectivity index (χ0) is 44.9. The number of carbonyl (C=O) groups is 4. The van der Waals surface area contributed by atoms with Gasteiger partial charge in [-0.05, 0) is 97.2 Å². The number of hydrogen-bond donors (Lipinski definition) is 1. The molecule has 0 amide bonds. The maximum Gasteiger partial charge on any atom is 0.417 e. The number of ketones is 2. The highest BCUT2D eigenvalue weighted by molar-refractivity contribution is 9.11. The predicted octanol–water partition coefficient (Wildman–Crippen LogP) is 10.5. The van der Waals surface area contributed by atoms with Crippen LogP contribution in [0.1, 0.15) is 83.2 Å². The Kier molecular flexibility index (Phi) is 14.7. The first-order chi connectivity index (χ1) is 29.4. The van der Waals surface area contributed by atoms with Crippen LogP contribution in [0.15, 0.2) is 105 Å². The summed E-state index contributed by atoms with van der Waals surface area (Å²) < 4.78 is 51.4. The number of alkyl halides is 3. The van der Waals surface area contributed by atoms with Crippen molar-refractivity contribution in [3.05, 3.63) is 148 Å². The molecule has 22 heteroatoms. The van der Waals surface area contributed by atoms with Crippen LogP contribution < -0.4 is 0 Å². The zero-order valence-corrected chi connectivity index (χ0v) is 38.3. The molecule has 0 aliphatic carbocycles. The Morgan fingerprint density at radius 1 is 0.774 bits per heavy atom. The van der Waals surface area contributed by atoms with E-state index in [1.54, 1.807) is 52.7 Å². The molecule has 0 bridgehead atoms. The van der Waals surface area contributed by atoms with Gasteiger partial charge in [0.25, 0.3) is 0 Å². The number of rotatable bonds is 10. The number of nitrogens with zero attached hydrogens (tertiary/aromatic N) is 8. The Labute approximate surface area is 383 Å². The van der Waals surface area contributed by atoms with Crippen molar-refractivity contribution in [1.82, 2.24) is 38.8 Å². The van der Waals surface area contributed by atoms with Gasteiger partial charge in [0.2, 0.25) is 0 Å². The first-order valence-electron chi connectivity index (χ1n) is 18.0. The van der Waals surface area contributed by atoms with Gasteiger partial charge in [-0.2, -0.15) is 28.5 Å². The summed E-state index contributed by atoms with van der Waals surface area (Å²) >= 11 is 16.7. The number of esters is 1. The average Bonchev–Trinajstić information content (AvgIpc) is 4.04. The number of carboxylic acids is 1. The van der Waals surface area contributed by atoms with Crippen molar-refractivity contribution >= 4 is 111 Å². The van der Waals surface area contributed by atoms with Crippen molar-refractivity contribution in [2.45, 2.75) is 38.8 Å². The lowest BCUT2D eigenvalue weighted by Gasteiger charge is -2.09. The van der Waals surface area contributed by atoms with Crippen molar-refractivity contribution in [2.75, 3.05) is 6.61 Å². The number of pyridine rings is 4. The van der Waals surface area contributed by atoms with Gasteiger partial charge in [-0.1, -0.05) is 18.5 Å². The molecule has 0 aromatic carbocycles. The van der Waals surface area contributed by atoms with Crippen LogP contribution in [0.2, 0.25) is 5.02 Å². The molecule has 320 valence electrons. The lowest BCUT2D eigenvalue weighted by molar-refractivity contribution is -0.137. The van der Waals surface area contributed by atoms with Crippen LogP contribution in [0.4, 0.5) is 13.2 Å². The molecule has 14 nitrogen and oxygen atoms in total. The van der Waals surface area contributed by atoms with E-state index < -0.39 is 28.5 Å². The van der Waals surface area contributed by atoms with Gasteiger partial charge in [0.05, 0.1) is 74.2 Å². The second-order valence-electron chi connectivity index (χ2n) is 13.1. The van der Waals surface area contributed by atoms with Crippen LogP contribution in [0.3, 0.4) is 0 Å². The summed E-state index contributed by atoms with van der Waals surface area (Å²) in [4.78, 5) is 56.0. The first kappa shape index (κ1) is 46.2. The monoisotopic (exact) mass is 1080 g/mol. The molecule has 1 unspecified atom stereocenters. The highest BCUT2D eigenvalue weighted by Gasteiger charge is 2.34. The number of Topliss-reactive ketones (excluding diaryl/α,β-unsaturated/α-hetero) is 2. The molecule has 0 radical (unpaired) electrons. The third kappa shape index (κ3) is 11.0. The molecule has 8 rings (SSSR count). The normalized spacial score (nSPS) is 11.8. The fourth-order valence-corrected chi connectivity index (χ4v) is 7.89. The Bertz CT molecular complexity index is 2970. The molecule has 8 aromatic heterocycles. The van der Waals surface area contributed by atoms with Crippen molar-refractivity contribution in [3.8, 4) is 0 Å². The van der Waals surface area contributed by atoms with E-state index in [1.165, 1.54) is 29.3 Å². The van der Waals surface area contributed by atoms with Gasteiger partial charge in [-0.25, -0.2) is 28.1 Å². The van der Waals surface area contributed by atoms with E-state index in [0.29, 0.717) is 33.8 Å². The van der Waals surface area contributed by atoms with Gasteiger partial charge in [0.15, 0.2) is 11.6 Å². The van der Waals surface area contributed by atoms with E-state index in [0.717, 1.165) is 42.5 Å². The van der Waals surface area contributed by atoms with Crippen molar-refractivity contribution < 1.29 is 42.2 Å². The summed E-state index contributed by atoms with van der Waals surface area (Å²) in [5, 5.41) is 21.0. The Morgan fingerprint density at radius 3 is 1.82 bits per heavy atom. The van der Waals surface area contributed by atoms with Gasteiger partial charge < -0.3 is 9.84 Å². The fourth-order valence-electron chi connectivity index (χ4n) is 5.79. The van der Waals surface area contributed by atoms with E-state index in [4.69, 9.17) is 21.4 Å². The molecule has 8 aromatic rings. The summed E-state index contributed by atoms with van der Waals surface area (Å²) in [5.74, 6) is -2.10. The molecule has 0 fully saturated rings. The van der Waals surface area contributed by atoms with E-state index in [1.807, 2.05) is 25.1 Å². The number of thiazole rings is 1. The molecule has 0 saturated carbocycles. The number of aromatic nitrogens is 8. The second kappa shape index (κ2) is 19.8. The summed E-state index contributed by atoms with van der Waals surface area (Å²) in [6.45, 7) is 3.97. The molecule has 0 spiro atoms. The number of ether oxygens (including phenoxy) is 1. The van der Waals surface area contributed by atoms with E-state index in [2.05, 4.69) is 73.1 Å². The van der Waals surface area contributed by atoms with Gasteiger partial charge in [-0.3, -0.25) is 14.6 Å². The predicted molar refractivity (Wildman–Crippen MR) is 233 cm³/mol. The number of halogens is 7. The lowest BCUT2D eigenvalue weighted by atomic mass is 10.0. The molecule has 1 atom stereocenters. The Hall–Kier alpha value is -5.35. The minimum Gasteiger partial charge on any atom is -0.478 e. The standard InChI is InChI=1S/C22H15BrClF3N4O2S.C10H9BrN2O2.C8H5BrN2O2/c1-11(4-18(32)14-7-30-31-10-12(23)2-3-17(14)31)21-29-9-20(34-21)19(33)6-13-5-15(22(25,26)27)16(24)8-28-13;1-2-15-10(14)8-5-12-13-6-7(11)3-4-9(8)13;9-5-1-2-7-6(8(12)13)3-10-11(7)4-5/h2-3,5,7-11H,4,6H2,1H3;3-6H,2H2,1H3;1-4H,(H,12,13). The molecule has 0 aliphatic rings. The van der Waals surface area contributed by atoms with Crippen molar-refractivity contribution in [3.63, 3.8) is 0 Å². The maximum absolute atomic E-state index is 13.1. The lowest BCUT2D eigenvalue weighted by Crippen LogP contribution is -2.10. The SMILES string of the molecule is CC(CC(=O)c1cnn2cc(Br)ccc12)c1ncc(C(=O)Cc2cc(C(F)(F)F)c(Cl)cn2)s1.CCOC(=O)c1cnn2cc(Br)ccc12.O=C(O)c1cnn2cc(Br)ccc12. The quantitative estimate of drug-likeness (QED) is 0.102. The van der Waals surface area contributed by atoms with Gasteiger partial charge in [0.1, 0.15) is 11.1 Å². The second-order valence-corrected chi connectivity index (χ2v) is 17.3. The number of carbonyl (C=O) groups excluding carboxylic acids is 3. The first-order valence-corrected chi connectivity index (χ1v) is 21.5. The van der Waals surface area contributed by atoms with Gasteiger partial charge in [0, 0.05) is 62.4 Å². The minimum absolute atomic E-state index is 0.0420. The van der Waals surface area contributed by atoms with E-state index >= 15 is 0 Å². The minimum atomic E-state index is -4.64. The Morgan fingerprint density at radius 2 is 1.29 bits per heavy atom. The van der Waals surface area contributed by atoms with Crippen LogP contribution >= 0.6 is 70.7 Å². The zero-order valence-electron chi connectivity index (χ0n) is 32.0. The molecular weight excluding hydrogens is 1050 g/mol. The molecule has 0 aliphatic heterocycles. The third-order valence-corrected chi connectivity index (χ3v) is 11.7. The smallest absolute Gasteiger partial charge is 0.417 e. The topological polar surface area (TPSA) is 175 Å². The van der Waals surface area contributed by atoms with Gasteiger partial charge in [-0.15, -0.1) is 11.3 Å². The van der Waals surface area contributed by atoms with Crippen LogP contribution in [-0.2, 0) is 17.3 Å². The summed E-state index contributed by atoms with van der Waals surface area (Å²) in [5.41, 5.74) is 2.14. The van der Waals surface area contributed by atoms with E-state index in [9.17, 15) is 32.3 Å². The van der Waals surface area contributed by atoms with E-state index in [-0.39, 0.29) is 46.6 Å². The number of hydrogen-bond acceptors (Lipinski definition) is 11. The Balaban J connectivity index is 0.000000186. The van der Waals surface area contributed by atoms with Crippen LogP contribution in [0.25, 0.3) is 16.6 Å². The summed E-state index contributed by atoms with van der Waals surface area (Å²) in [6, 6.07) is 11.6. The van der Waals surface area contributed by atoms with Gasteiger partial charge >= 0.3 is 18.1 Å². The van der Waals surface area contributed by atoms with Crippen LogP contribution in [-0.4, -0.2) is 74.0 Å². The fraction of sp³-hybridized carbons (Fsp3) is 0.175. The molecule has 62 heavy (non-hydrogen) atoms. The maximum atomic E-state index is 13.1. The van der Waals surface area contributed by atoms with Crippen molar-refractivity contribution in [1.29, 1.82) is 0 Å². The number of aromatic carboxylic acids is 1. The molecule has 8 heterocycles. The van der Waals surface area contributed by atoms with Crippen molar-refractivity contribution in [2.24, 2.45) is 0 Å². The highest BCUT2D eigenvalue weighted by Crippen LogP contribution is 2.35. The molecule has 1 N–H and O–H groups in total. The number of carboxylic acid groups (broad SMARTS) is 1. The average molecular weight is 1080 g/mol. The third-order valence-electron chi connectivity index (χ3n) is 8.74.